The summed E-state index contributed by atoms with van der Waals surface area (Å²) in [6.07, 6.45) is 0. The number of carbonyl (C=O) groups is 1. The predicted octanol–water partition coefficient (Wildman–Crippen LogP) is 1.73. The topological polar surface area (TPSA) is 56.5 Å². The van der Waals surface area contributed by atoms with Crippen molar-refractivity contribution in [1.29, 1.82) is 0 Å². The standard InChI is InChI=1S/C9H7BrFN3O2/c1-4-5(10)3-6(11)8-12-7(9(15)16-2)13-14(4)8/h3H,1-2H3. The van der Waals surface area contributed by atoms with Crippen LogP contribution in [0, 0.1) is 12.7 Å². The number of carbonyl (C=O) groups excluding carboxylic acids is 1. The molecule has 0 unspecified atom stereocenters. The third-order valence-corrected chi connectivity index (χ3v) is 2.91. The zero-order valence-corrected chi connectivity index (χ0v) is 10.1. The molecule has 7 heteroatoms. The Morgan fingerprint density at radius 3 is 2.94 bits per heavy atom. The summed E-state index contributed by atoms with van der Waals surface area (Å²) in [6.45, 7) is 1.73. The summed E-state index contributed by atoms with van der Waals surface area (Å²) in [4.78, 5) is 15.0. The van der Waals surface area contributed by atoms with Crippen molar-refractivity contribution in [3.05, 3.63) is 27.9 Å². The van der Waals surface area contributed by atoms with Gasteiger partial charge in [0.2, 0.25) is 0 Å². The molecule has 2 heterocycles. The Balaban J connectivity index is 2.74. The van der Waals surface area contributed by atoms with Gasteiger partial charge in [0.05, 0.1) is 12.8 Å². The number of esters is 1. The maximum absolute atomic E-state index is 13.5. The second-order valence-corrected chi connectivity index (χ2v) is 3.94. The maximum atomic E-state index is 13.5. The molecule has 2 aromatic heterocycles. The molecule has 0 fully saturated rings. The molecule has 0 saturated carbocycles. The Morgan fingerprint density at radius 2 is 2.31 bits per heavy atom. The van der Waals surface area contributed by atoms with E-state index in [1.54, 1.807) is 6.92 Å². The van der Waals surface area contributed by atoms with Crippen LogP contribution < -0.4 is 0 Å². The van der Waals surface area contributed by atoms with Crippen LogP contribution in [0.2, 0.25) is 0 Å². The second kappa shape index (κ2) is 3.82. The molecule has 16 heavy (non-hydrogen) atoms. The monoisotopic (exact) mass is 287 g/mol. The minimum Gasteiger partial charge on any atom is -0.463 e. The van der Waals surface area contributed by atoms with E-state index in [9.17, 15) is 9.18 Å². The Morgan fingerprint density at radius 1 is 1.62 bits per heavy atom. The van der Waals surface area contributed by atoms with E-state index in [0.29, 0.717) is 10.2 Å². The molecule has 2 aromatic rings. The highest BCUT2D eigenvalue weighted by atomic mass is 79.9. The summed E-state index contributed by atoms with van der Waals surface area (Å²) >= 11 is 3.19. The van der Waals surface area contributed by atoms with Gasteiger partial charge in [-0.2, -0.15) is 4.98 Å². The highest BCUT2D eigenvalue weighted by molar-refractivity contribution is 9.10. The predicted molar refractivity (Wildman–Crippen MR) is 56.7 cm³/mol. The normalized spacial score (nSPS) is 10.8. The SMILES string of the molecule is COC(=O)c1nc2c(F)cc(Br)c(C)n2n1. The third-order valence-electron chi connectivity index (χ3n) is 2.11. The summed E-state index contributed by atoms with van der Waals surface area (Å²) < 4.78 is 19.8. The first kappa shape index (κ1) is 11.0. The fraction of sp³-hybridized carbons (Fsp3) is 0.222. The molecule has 0 aliphatic rings. The minimum atomic E-state index is -0.696. The van der Waals surface area contributed by atoms with Gasteiger partial charge in [-0.05, 0) is 28.9 Å². The van der Waals surface area contributed by atoms with Gasteiger partial charge in [-0.15, -0.1) is 5.10 Å². The molecule has 84 valence electrons. The number of ether oxygens (including phenoxy) is 1. The number of hydrogen-bond acceptors (Lipinski definition) is 4. The van der Waals surface area contributed by atoms with Crippen LogP contribution in [-0.4, -0.2) is 27.7 Å². The number of halogens is 2. The van der Waals surface area contributed by atoms with Crippen molar-refractivity contribution in [2.45, 2.75) is 6.92 Å². The van der Waals surface area contributed by atoms with E-state index < -0.39 is 11.8 Å². The van der Waals surface area contributed by atoms with Crippen molar-refractivity contribution >= 4 is 27.5 Å². The molecular formula is C9H7BrFN3O2. The van der Waals surface area contributed by atoms with E-state index in [2.05, 4.69) is 30.7 Å². The molecule has 0 saturated heterocycles. The van der Waals surface area contributed by atoms with Crippen LogP contribution in [0.15, 0.2) is 10.5 Å². The van der Waals surface area contributed by atoms with Gasteiger partial charge < -0.3 is 4.74 Å². The highest BCUT2D eigenvalue weighted by Crippen LogP contribution is 2.20. The summed E-state index contributed by atoms with van der Waals surface area (Å²) in [5.41, 5.74) is 0.653. The van der Waals surface area contributed by atoms with Gasteiger partial charge >= 0.3 is 5.97 Å². The lowest BCUT2D eigenvalue weighted by molar-refractivity contribution is 0.0587. The van der Waals surface area contributed by atoms with Gasteiger partial charge in [0, 0.05) is 4.47 Å². The number of hydrogen-bond donors (Lipinski definition) is 0. The number of aryl methyl sites for hydroxylation is 1. The number of nitrogens with zero attached hydrogens (tertiary/aromatic N) is 3. The first-order valence-corrected chi connectivity index (χ1v) is 5.13. The molecule has 0 amide bonds. The molecule has 0 N–H and O–H groups in total. The number of aromatic nitrogens is 3. The summed E-state index contributed by atoms with van der Waals surface area (Å²) in [7, 11) is 1.22. The van der Waals surface area contributed by atoms with Crippen molar-refractivity contribution in [2.24, 2.45) is 0 Å². The van der Waals surface area contributed by atoms with Crippen LogP contribution in [0.3, 0.4) is 0 Å². The lowest BCUT2D eigenvalue weighted by Crippen LogP contribution is -2.04. The number of fused-ring (bicyclic) bond motifs is 1. The minimum absolute atomic E-state index is 0.00102. The van der Waals surface area contributed by atoms with Crippen LogP contribution in [-0.2, 0) is 4.74 Å². The molecule has 0 bridgehead atoms. The van der Waals surface area contributed by atoms with Crippen LogP contribution in [0.5, 0.6) is 0 Å². The van der Waals surface area contributed by atoms with E-state index in [0.717, 1.165) is 0 Å². The maximum Gasteiger partial charge on any atom is 0.377 e. The largest absolute Gasteiger partial charge is 0.463 e. The summed E-state index contributed by atoms with van der Waals surface area (Å²) in [5, 5.41) is 3.87. The van der Waals surface area contributed by atoms with Crippen molar-refractivity contribution in [2.75, 3.05) is 7.11 Å². The first-order chi connectivity index (χ1) is 7.54. The van der Waals surface area contributed by atoms with Gasteiger partial charge in [-0.1, -0.05) is 0 Å². The molecule has 0 aromatic carbocycles. The number of pyridine rings is 1. The smallest absolute Gasteiger partial charge is 0.377 e. The zero-order valence-electron chi connectivity index (χ0n) is 8.49. The lowest BCUT2D eigenvalue weighted by atomic mass is 10.4. The molecule has 0 spiro atoms. The molecule has 5 nitrogen and oxygen atoms in total. The summed E-state index contributed by atoms with van der Waals surface area (Å²) in [6, 6.07) is 1.28. The van der Waals surface area contributed by atoms with E-state index in [1.165, 1.54) is 17.7 Å². The Hall–Kier alpha value is -1.50. The molecule has 0 aliphatic heterocycles. The molecular weight excluding hydrogens is 281 g/mol. The van der Waals surface area contributed by atoms with Gasteiger partial charge in [-0.3, -0.25) is 0 Å². The van der Waals surface area contributed by atoms with Crippen molar-refractivity contribution in [3.63, 3.8) is 0 Å². The fourth-order valence-corrected chi connectivity index (χ4v) is 1.63. The lowest BCUT2D eigenvalue weighted by Gasteiger charge is -2.00. The molecule has 0 atom stereocenters. The van der Waals surface area contributed by atoms with E-state index in [-0.39, 0.29) is 11.5 Å². The average Bonchev–Trinajstić information content (AvgIpc) is 2.70. The molecule has 2 rings (SSSR count). The summed E-state index contributed by atoms with van der Waals surface area (Å²) in [5.74, 6) is -1.42. The van der Waals surface area contributed by atoms with Gasteiger partial charge in [-0.25, -0.2) is 13.7 Å². The fourth-order valence-electron chi connectivity index (χ4n) is 1.26. The third kappa shape index (κ3) is 1.57. The van der Waals surface area contributed by atoms with Crippen molar-refractivity contribution in [3.8, 4) is 0 Å². The number of rotatable bonds is 1. The Bertz CT molecular complexity index is 582. The van der Waals surface area contributed by atoms with Crippen molar-refractivity contribution in [1.82, 2.24) is 14.6 Å². The average molecular weight is 288 g/mol. The van der Waals surface area contributed by atoms with Crippen LogP contribution >= 0.6 is 15.9 Å². The van der Waals surface area contributed by atoms with Gasteiger partial charge in [0.1, 0.15) is 0 Å². The van der Waals surface area contributed by atoms with Gasteiger partial charge in [0.25, 0.3) is 5.82 Å². The van der Waals surface area contributed by atoms with Crippen LogP contribution in [0.25, 0.3) is 5.65 Å². The molecule has 0 aliphatic carbocycles. The molecule has 0 radical (unpaired) electrons. The Labute approximate surface area is 98.4 Å². The van der Waals surface area contributed by atoms with E-state index in [4.69, 9.17) is 0 Å². The van der Waals surface area contributed by atoms with Gasteiger partial charge in [0.15, 0.2) is 11.5 Å². The van der Waals surface area contributed by atoms with E-state index in [1.807, 2.05) is 0 Å². The van der Waals surface area contributed by atoms with E-state index >= 15 is 0 Å². The number of methoxy groups -OCH3 is 1. The second-order valence-electron chi connectivity index (χ2n) is 3.09. The Kier molecular flexibility index (Phi) is 2.63. The van der Waals surface area contributed by atoms with Crippen LogP contribution in [0.4, 0.5) is 4.39 Å². The van der Waals surface area contributed by atoms with Crippen LogP contribution in [0.1, 0.15) is 16.3 Å². The zero-order chi connectivity index (χ0) is 11.9. The first-order valence-electron chi connectivity index (χ1n) is 4.34. The quantitative estimate of drug-likeness (QED) is 0.750. The van der Waals surface area contributed by atoms with Crippen molar-refractivity contribution < 1.29 is 13.9 Å². The highest BCUT2D eigenvalue weighted by Gasteiger charge is 2.17.